The van der Waals surface area contributed by atoms with E-state index in [4.69, 9.17) is 32.9 Å². The zero-order valence-electron chi connectivity index (χ0n) is 13.0. The second-order valence-corrected chi connectivity index (χ2v) is 6.70. The predicted octanol–water partition coefficient (Wildman–Crippen LogP) is 8.04. The van der Waals surface area contributed by atoms with Crippen molar-refractivity contribution >= 4 is 34.2 Å². The fourth-order valence-corrected chi connectivity index (χ4v) is 3.50. The quantitative estimate of drug-likeness (QED) is 0.116. The van der Waals surface area contributed by atoms with Gasteiger partial charge in [-0.2, -0.15) is 12.6 Å². The molecule has 0 fully saturated rings. The first-order valence-corrected chi connectivity index (χ1v) is 9.77. The Balaban J connectivity index is -0.000000178. The van der Waals surface area contributed by atoms with E-state index in [1.165, 1.54) is 0 Å². The maximum atomic E-state index is 8.00. The molecule has 3 heterocycles. The molecular formula is C17H28F2O5S3. The summed E-state index contributed by atoms with van der Waals surface area (Å²) >= 11 is 3.98. The molecule has 0 aliphatic rings. The lowest BCUT2D eigenvalue weighted by Gasteiger charge is -1.96. The van der Waals surface area contributed by atoms with Gasteiger partial charge in [0.15, 0.2) is 0 Å². The van der Waals surface area contributed by atoms with Crippen LogP contribution in [0.2, 0.25) is 0 Å². The van der Waals surface area contributed by atoms with Crippen LogP contribution in [0, 0.1) is 0 Å². The summed E-state index contributed by atoms with van der Waals surface area (Å²) < 4.78 is 31.3. The summed E-state index contributed by atoms with van der Waals surface area (Å²) in [4.78, 5) is 0. The van der Waals surface area contributed by atoms with Crippen molar-refractivity contribution in [2.24, 2.45) is 0 Å². The van der Waals surface area contributed by atoms with Crippen molar-refractivity contribution in [3.8, 4) is 0 Å². The zero-order chi connectivity index (χ0) is 18.8. The van der Waals surface area contributed by atoms with E-state index in [0.29, 0.717) is 5.75 Å². The first-order chi connectivity index (χ1) is 12.4. The Morgan fingerprint density at radius 3 is 1.33 bits per heavy atom. The van der Waals surface area contributed by atoms with Crippen LogP contribution < -0.4 is 0 Å². The molecular weight excluding hydrogens is 418 g/mol. The Kier molecular flexibility index (Phi) is 25.6. The molecule has 0 aliphatic heterocycles. The second-order valence-electron chi connectivity index (χ2n) is 3.92. The van der Waals surface area contributed by atoms with E-state index in [1.54, 1.807) is 40.4 Å². The average Bonchev–Trinajstić information content (AvgIpc) is 3.46. The van der Waals surface area contributed by atoms with Crippen molar-refractivity contribution < 1.29 is 34.3 Å². The van der Waals surface area contributed by atoms with Gasteiger partial charge in [0.1, 0.15) is 17.3 Å². The molecule has 2 N–H and O–H groups in total. The molecule has 0 aliphatic carbocycles. The first kappa shape index (κ1) is 30.4. The van der Waals surface area contributed by atoms with Crippen molar-refractivity contribution in [1.29, 1.82) is 0 Å². The molecule has 3 aromatic heterocycles. The summed E-state index contributed by atoms with van der Waals surface area (Å²) in [5.74, 6) is 5.44. The first-order valence-electron chi connectivity index (χ1n) is 6.65. The van der Waals surface area contributed by atoms with Crippen LogP contribution in [0.4, 0.5) is 9.15 Å². The van der Waals surface area contributed by atoms with E-state index < -0.39 is 0 Å². The van der Waals surface area contributed by atoms with E-state index in [2.05, 4.69) is 12.6 Å². The molecule has 0 atom stereocenters. The van der Waals surface area contributed by atoms with Gasteiger partial charge in [0.25, 0.3) is 0 Å². The molecule has 27 heavy (non-hydrogen) atoms. The monoisotopic (exact) mass is 448 g/mol. The van der Waals surface area contributed by atoms with Gasteiger partial charge in [-0.1, -0.05) is 36.4 Å². The average molecular weight is 449 g/mol. The van der Waals surface area contributed by atoms with Gasteiger partial charge in [-0.05, 0) is 36.4 Å². The smallest absolute Gasteiger partial charge is 0.114 e. The van der Waals surface area contributed by atoms with Gasteiger partial charge >= 0.3 is 0 Å². The highest BCUT2D eigenvalue weighted by atomic mass is 33.1. The summed E-state index contributed by atoms with van der Waals surface area (Å²) in [6.07, 6.45) is 5.05. The van der Waals surface area contributed by atoms with Crippen LogP contribution in [0.15, 0.2) is 68.4 Å². The molecule has 0 amide bonds. The summed E-state index contributed by atoms with van der Waals surface area (Å²) in [5, 5.41) is 12.0. The third-order valence-electron chi connectivity index (χ3n) is 2.38. The van der Waals surface area contributed by atoms with E-state index >= 15 is 0 Å². The van der Waals surface area contributed by atoms with E-state index in [9.17, 15) is 0 Å². The van der Waals surface area contributed by atoms with Gasteiger partial charge in [-0.25, -0.2) is 0 Å². The molecule has 5 nitrogen and oxygen atoms in total. The normalized spacial score (nSPS) is 8.33. The Labute approximate surface area is 173 Å². The highest BCUT2D eigenvalue weighted by Crippen LogP contribution is 2.29. The molecule has 158 valence electrons. The van der Waals surface area contributed by atoms with Gasteiger partial charge in [-0.3, -0.25) is 10.5 Å². The van der Waals surface area contributed by atoms with Gasteiger partial charge in [0.05, 0.1) is 30.3 Å². The number of hydrogen-bond donors (Lipinski definition) is 3. The van der Waals surface area contributed by atoms with Gasteiger partial charge in [-0.15, -0.1) is 0 Å². The predicted molar refractivity (Wildman–Crippen MR) is 114 cm³/mol. The molecule has 3 rings (SSSR count). The van der Waals surface area contributed by atoms with Crippen LogP contribution in [0.3, 0.4) is 0 Å². The maximum Gasteiger partial charge on any atom is 0.114 e. The third kappa shape index (κ3) is 15.4. The molecule has 0 bridgehead atoms. The van der Waals surface area contributed by atoms with E-state index in [1.807, 2.05) is 36.4 Å². The highest BCUT2D eigenvalue weighted by Gasteiger charge is 1.98. The highest BCUT2D eigenvalue weighted by molar-refractivity contribution is 8.76. The number of hydrogen-bond acceptors (Lipinski definition) is 8. The molecule has 0 saturated carbocycles. The van der Waals surface area contributed by atoms with Crippen LogP contribution in [0.5, 0.6) is 0 Å². The standard InChI is InChI=1S/C10H10O2S2.C5H6OS.2CH4.F2.H2O2.H2/c1-3-9(11-5-1)7-13-14-8-10-4-2-6-12-10;7-4-5-2-1-3-6-5;;;2*1-2;/h1-6H,7-8H2;1-3,7H,4H2;2*1H4;;1-2H;1H/i;;;;;;1+2. The minimum Gasteiger partial charge on any atom is -0.468 e. The Bertz CT molecular complexity index is 546. The number of furan rings is 3. The second kappa shape index (κ2) is 22.7. The Morgan fingerprint density at radius 2 is 1.11 bits per heavy atom. The molecule has 10 heteroatoms. The topological polar surface area (TPSA) is 79.9 Å². The SMILES string of the molecule is C.C.FF.OO.SCc1ccco1.[3HH].c1coc(CSSCc2ccco2)c1. The van der Waals surface area contributed by atoms with Crippen LogP contribution in [0.25, 0.3) is 0 Å². The number of rotatable bonds is 6. The number of halogens is 2. The number of thiol groups is 1. The minimum atomic E-state index is 0. The summed E-state index contributed by atoms with van der Waals surface area (Å²) in [6, 6.07) is 11.5. The van der Waals surface area contributed by atoms with Crippen molar-refractivity contribution in [3.05, 3.63) is 72.5 Å². The van der Waals surface area contributed by atoms with Gasteiger partial charge < -0.3 is 13.3 Å². The van der Waals surface area contributed by atoms with Crippen molar-refractivity contribution in [1.82, 2.24) is 0 Å². The van der Waals surface area contributed by atoms with E-state index in [0.717, 1.165) is 28.8 Å². The summed E-state index contributed by atoms with van der Waals surface area (Å²) in [5.41, 5.74) is 0. The van der Waals surface area contributed by atoms with Crippen LogP contribution in [-0.2, 0) is 17.3 Å². The summed E-state index contributed by atoms with van der Waals surface area (Å²) in [6.45, 7) is 0. The van der Waals surface area contributed by atoms with Crippen molar-refractivity contribution in [2.45, 2.75) is 32.1 Å². The lowest BCUT2D eigenvalue weighted by atomic mass is 10.5. The third-order valence-corrected chi connectivity index (χ3v) is 4.87. The zero-order valence-corrected chi connectivity index (χ0v) is 15.5. The molecule has 0 saturated heterocycles. The van der Waals surface area contributed by atoms with Crippen LogP contribution in [0.1, 0.15) is 33.6 Å². The molecule has 0 spiro atoms. The van der Waals surface area contributed by atoms with Crippen LogP contribution in [-0.4, -0.2) is 10.5 Å². The lowest BCUT2D eigenvalue weighted by molar-refractivity contribution is -0.176. The fraction of sp³-hybridized carbons (Fsp3) is 0.294. The maximum absolute atomic E-state index is 8.00. The van der Waals surface area contributed by atoms with E-state index in [-0.39, 0.29) is 16.3 Å². The van der Waals surface area contributed by atoms with Gasteiger partial charge in [0.2, 0.25) is 0 Å². The lowest BCUT2D eigenvalue weighted by Crippen LogP contribution is -1.73. The Hall–Kier alpha value is -1.33. The fourth-order valence-electron chi connectivity index (χ4n) is 1.39. The minimum absolute atomic E-state index is 0. The Morgan fingerprint density at radius 1 is 0.778 bits per heavy atom. The molecule has 3 aromatic rings. The van der Waals surface area contributed by atoms with Crippen LogP contribution >= 0.6 is 34.2 Å². The largest absolute Gasteiger partial charge is 0.468 e. The van der Waals surface area contributed by atoms with Gasteiger partial charge in [0, 0.05) is 16.3 Å². The summed E-state index contributed by atoms with van der Waals surface area (Å²) in [7, 11) is 3.54. The van der Waals surface area contributed by atoms with Crippen molar-refractivity contribution in [3.63, 3.8) is 0 Å². The molecule has 0 radical (unpaired) electrons. The molecule has 0 unspecified atom stereocenters. The molecule has 0 aromatic carbocycles. The van der Waals surface area contributed by atoms with Crippen molar-refractivity contribution in [2.75, 3.05) is 0 Å².